The second-order valence-corrected chi connectivity index (χ2v) is 21.0. The molecule has 1 nitrogen and oxygen atoms in total. The van der Waals surface area contributed by atoms with Crippen LogP contribution < -0.4 is 5.19 Å². The average molecular weight is 654 g/mol. The Morgan fingerprint density at radius 3 is 1.94 bits per heavy atom. The van der Waals surface area contributed by atoms with Crippen molar-refractivity contribution in [2.45, 2.75) is 136 Å². The highest BCUT2D eigenvalue weighted by atomic mass is 28.3. The molecule has 0 saturated carbocycles. The number of unbranched alkanes of at least 4 members (excludes halogenated alkanes) is 10. The van der Waals surface area contributed by atoms with Crippen LogP contribution in [0.2, 0.25) is 19.6 Å². The molecular weight excluding hydrogens is 595 g/mol. The van der Waals surface area contributed by atoms with Crippen LogP contribution in [0.3, 0.4) is 0 Å². The molecule has 0 bridgehead atoms. The third-order valence-electron chi connectivity index (χ3n) is 11.4. The van der Waals surface area contributed by atoms with E-state index >= 15 is 0 Å². The van der Waals surface area contributed by atoms with Gasteiger partial charge in [-0.3, -0.25) is 4.98 Å². The van der Waals surface area contributed by atoms with Gasteiger partial charge in [0, 0.05) is 22.6 Å². The monoisotopic (exact) mass is 653 g/mol. The SMILES string of the molecule is CCCCCCCCC1(CCCCCCCC)c2ccccc2-c2c(C)cc(-c3nccc4c3ccc3cc([Si](C)(C)C)ccc34)cc21. The summed E-state index contributed by atoms with van der Waals surface area (Å²) in [6, 6.07) is 28.5. The summed E-state index contributed by atoms with van der Waals surface area (Å²) in [7, 11) is -1.39. The van der Waals surface area contributed by atoms with Crippen molar-refractivity contribution in [1.29, 1.82) is 0 Å². The van der Waals surface area contributed by atoms with Gasteiger partial charge in [0.25, 0.3) is 0 Å². The van der Waals surface area contributed by atoms with E-state index in [1.807, 2.05) is 6.20 Å². The standard InChI is InChI=1S/C46H59NSi/c1-7-9-11-13-15-19-28-46(29-20-16-14-12-10-8-2)42-22-18-17-21-41(42)44-34(3)31-36(33-43(44)46)45-40-25-23-35-32-37(48(4,5)6)24-26-38(35)39(40)27-30-47-45/h17-18,21-27,30-33H,7-16,19-20,28-29H2,1-6H3. The zero-order valence-corrected chi connectivity index (χ0v) is 31.9. The van der Waals surface area contributed by atoms with E-state index < -0.39 is 8.07 Å². The lowest BCUT2D eigenvalue weighted by Gasteiger charge is -2.33. The molecule has 0 aliphatic heterocycles. The molecule has 0 spiro atoms. The van der Waals surface area contributed by atoms with Crippen LogP contribution in [0.15, 0.2) is 79.0 Å². The summed E-state index contributed by atoms with van der Waals surface area (Å²) in [5, 5.41) is 6.77. The van der Waals surface area contributed by atoms with Gasteiger partial charge in [0.15, 0.2) is 0 Å². The number of fused-ring (bicyclic) bond motifs is 6. The summed E-state index contributed by atoms with van der Waals surface area (Å²) in [5.74, 6) is 0. The van der Waals surface area contributed by atoms with Crippen LogP contribution >= 0.6 is 0 Å². The number of aromatic nitrogens is 1. The van der Waals surface area contributed by atoms with Crippen molar-refractivity contribution in [1.82, 2.24) is 4.98 Å². The van der Waals surface area contributed by atoms with Crippen LogP contribution in [0.1, 0.15) is 120 Å². The summed E-state index contributed by atoms with van der Waals surface area (Å²) in [4.78, 5) is 5.12. The molecule has 5 aromatic rings. The first-order valence-electron chi connectivity index (χ1n) is 19.4. The lowest BCUT2D eigenvalue weighted by molar-refractivity contribution is 0.398. The van der Waals surface area contributed by atoms with Crippen molar-refractivity contribution < 1.29 is 0 Å². The molecule has 0 atom stereocenters. The van der Waals surface area contributed by atoms with Gasteiger partial charge >= 0.3 is 0 Å². The minimum atomic E-state index is -1.39. The minimum absolute atomic E-state index is 0.0761. The second-order valence-electron chi connectivity index (χ2n) is 15.9. The Labute approximate surface area is 292 Å². The van der Waals surface area contributed by atoms with Crippen molar-refractivity contribution in [3.05, 3.63) is 95.7 Å². The van der Waals surface area contributed by atoms with E-state index in [0.29, 0.717) is 0 Å². The first kappa shape index (κ1) is 34.6. The molecule has 0 unspecified atom stereocenters. The lowest BCUT2D eigenvalue weighted by atomic mass is 9.70. The number of hydrogen-bond acceptors (Lipinski definition) is 1. The number of benzene rings is 4. The van der Waals surface area contributed by atoms with Crippen LogP contribution in [0.5, 0.6) is 0 Å². The number of aryl methyl sites for hydroxylation is 1. The highest BCUT2D eigenvalue weighted by molar-refractivity contribution is 6.88. The predicted molar refractivity (Wildman–Crippen MR) is 215 cm³/mol. The maximum absolute atomic E-state index is 5.12. The van der Waals surface area contributed by atoms with Gasteiger partial charge in [0.1, 0.15) is 0 Å². The minimum Gasteiger partial charge on any atom is -0.256 e. The largest absolute Gasteiger partial charge is 0.256 e. The van der Waals surface area contributed by atoms with E-state index in [-0.39, 0.29) is 5.41 Å². The molecule has 1 aromatic heterocycles. The molecule has 1 aliphatic carbocycles. The Hall–Kier alpha value is -3.23. The summed E-state index contributed by atoms with van der Waals surface area (Å²) in [5.41, 5.74) is 9.99. The van der Waals surface area contributed by atoms with Gasteiger partial charge in [-0.25, -0.2) is 0 Å². The van der Waals surface area contributed by atoms with Crippen LogP contribution in [0, 0.1) is 6.92 Å². The second kappa shape index (κ2) is 15.1. The van der Waals surface area contributed by atoms with Crippen LogP contribution in [-0.4, -0.2) is 13.1 Å². The van der Waals surface area contributed by atoms with Crippen molar-refractivity contribution in [2.24, 2.45) is 0 Å². The fourth-order valence-corrected chi connectivity index (χ4v) is 9.86. The summed E-state index contributed by atoms with van der Waals surface area (Å²) in [6.45, 7) is 14.3. The van der Waals surface area contributed by atoms with Gasteiger partial charge in [0.2, 0.25) is 0 Å². The summed E-state index contributed by atoms with van der Waals surface area (Å²) >= 11 is 0. The average Bonchev–Trinajstić information content (AvgIpc) is 3.36. The molecule has 0 radical (unpaired) electrons. The zero-order valence-electron chi connectivity index (χ0n) is 30.9. The molecule has 0 N–H and O–H groups in total. The lowest BCUT2D eigenvalue weighted by Crippen LogP contribution is -2.37. The van der Waals surface area contributed by atoms with Gasteiger partial charge in [-0.15, -0.1) is 0 Å². The van der Waals surface area contributed by atoms with E-state index in [1.165, 1.54) is 139 Å². The maximum Gasteiger partial charge on any atom is 0.0780 e. The van der Waals surface area contributed by atoms with Gasteiger partial charge in [-0.05, 0) is 81.9 Å². The van der Waals surface area contributed by atoms with Crippen LogP contribution in [0.4, 0.5) is 0 Å². The van der Waals surface area contributed by atoms with E-state index in [9.17, 15) is 0 Å². The first-order chi connectivity index (χ1) is 23.3. The molecule has 0 saturated heterocycles. The normalized spacial score (nSPS) is 13.7. The highest BCUT2D eigenvalue weighted by Crippen LogP contribution is 2.56. The quantitative estimate of drug-likeness (QED) is 0.0586. The Morgan fingerprint density at radius 1 is 0.604 bits per heavy atom. The molecule has 1 aliphatic rings. The van der Waals surface area contributed by atoms with Crippen LogP contribution in [-0.2, 0) is 5.41 Å². The fraction of sp³-hybridized carbons (Fsp3) is 0.457. The van der Waals surface area contributed by atoms with Gasteiger partial charge in [-0.2, -0.15) is 0 Å². The summed E-state index contributed by atoms with van der Waals surface area (Å²) in [6.07, 6.45) is 20.6. The number of nitrogens with zero attached hydrogens (tertiary/aromatic N) is 1. The van der Waals surface area contributed by atoms with Gasteiger partial charge in [0.05, 0.1) is 13.8 Å². The fourth-order valence-electron chi connectivity index (χ4n) is 8.69. The molecule has 48 heavy (non-hydrogen) atoms. The molecule has 2 heteroatoms. The topological polar surface area (TPSA) is 12.9 Å². The molecule has 1 heterocycles. The van der Waals surface area contributed by atoms with Crippen molar-refractivity contribution in [2.75, 3.05) is 0 Å². The van der Waals surface area contributed by atoms with Crippen LogP contribution in [0.25, 0.3) is 43.9 Å². The Bertz CT molecular complexity index is 1840. The molecule has 4 aromatic carbocycles. The highest BCUT2D eigenvalue weighted by Gasteiger charge is 2.43. The third kappa shape index (κ3) is 6.93. The van der Waals surface area contributed by atoms with Crippen molar-refractivity contribution >= 4 is 34.8 Å². The van der Waals surface area contributed by atoms with Gasteiger partial charge < -0.3 is 0 Å². The zero-order chi connectivity index (χ0) is 33.7. The third-order valence-corrected chi connectivity index (χ3v) is 13.4. The van der Waals surface area contributed by atoms with E-state index in [0.717, 1.165) is 5.69 Å². The molecule has 6 rings (SSSR count). The molecule has 252 valence electrons. The van der Waals surface area contributed by atoms with Crippen molar-refractivity contribution in [3.8, 4) is 22.4 Å². The summed E-state index contributed by atoms with van der Waals surface area (Å²) < 4.78 is 0. The predicted octanol–water partition coefficient (Wildman–Crippen LogP) is 13.7. The Balaban J connectivity index is 1.44. The van der Waals surface area contributed by atoms with E-state index in [4.69, 9.17) is 4.98 Å². The molecule has 0 amide bonds. The smallest absolute Gasteiger partial charge is 0.0780 e. The van der Waals surface area contributed by atoms with E-state index in [1.54, 1.807) is 11.1 Å². The Morgan fingerprint density at radius 2 is 1.25 bits per heavy atom. The molecular formula is C46H59NSi. The van der Waals surface area contributed by atoms with Gasteiger partial charge in [-0.1, -0.05) is 170 Å². The Kier molecular flexibility index (Phi) is 10.9. The number of pyridine rings is 1. The van der Waals surface area contributed by atoms with E-state index in [2.05, 4.69) is 113 Å². The number of rotatable bonds is 16. The molecule has 0 fully saturated rings. The van der Waals surface area contributed by atoms with Crippen molar-refractivity contribution in [3.63, 3.8) is 0 Å². The maximum atomic E-state index is 5.12. The number of hydrogen-bond donors (Lipinski definition) is 0. The first-order valence-corrected chi connectivity index (χ1v) is 22.9.